The zero-order valence-corrected chi connectivity index (χ0v) is 13.2. The van der Waals surface area contributed by atoms with Crippen molar-refractivity contribution in [3.63, 3.8) is 0 Å². The van der Waals surface area contributed by atoms with Crippen LogP contribution in [-0.2, 0) is 0 Å². The van der Waals surface area contributed by atoms with Crippen LogP contribution in [0.25, 0.3) is 0 Å². The molecule has 2 nitrogen and oxygen atoms in total. The fourth-order valence-corrected chi connectivity index (χ4v) is 3.23. The molecular formula is C14H17BrN2S. The third kappa shape index (κ3) is 3.12. The largest absolute Gasteiger partial charge is 0.376 e. The van der Waals surface area contributed by atoms with E-state index in [0.717, 1.165) is 16.0 Å². The molecule has 18 heavy (non-hydrogen) atoms. The summed E-state index contributed by atoms with van der Waals surface area (Å²) < 4.78 is 0.878. The minimum absolute atomic E-state index is 0.340. The highest BCUT2D eigenvalue weighted by molar-refractivity contribution is 9.10. The van der Waals surface area contributed by atoms with E-state index in [-0.39, 0.29) is 0 Å². The first kappa shape index (κ1) is 13.6. The van der Waals surface area contributed by atoms with Gasteiger partial charge >= 0.3 is 0 Å². The zero-order chi connectivity index (χ0) is 13.1. The molecule has 0 spiro atoms. The molecular weight excluding hydrogens is 308 g/mol. The Bertz CT molecular complexity index is 509. The van der Waals surface area contributed by atoms with E-state index in [4.69, 9.17) is 0 Å². The van der Waals surface area contributed by atoms with E-state index < -0.39 is 0 Å². The molecule has 0 saturated heterocycles. The number of halogens is 1. The number of aromatic nitrogens is 1. The number of thiophene rings is 1. The highest BCUT2D eigenvalue weighted by Gasteiger charge is 2.17. The second-order valence-corrected chi connectivity index (χ2v) is 6.44. The number of pyridine rings is 1. The standard InChI is InChI=1S/C14H17BrN2S/c1-9(2)14(12-5-4-8-18-12)17-11-6-7-13(15)16-10(11)3/h4-9,14,17H,1-3H3. The van der Waals surface area contributed by atoms with E-state index in [1.165, 1.54) is 4.88 Å². The predicted octanol–water partition coefficient (Wildman–Crippen LogP) is 5.02. The van der Waals surface area contributed by atoms with Crippen LogP contribution in [0.3, 0.4) is 0 Å². The molecule has 0 amide bonds. The van der Waals surface area contributed by atoms with Crippen molar-refractivity contribution in [3.8, 4) is 0 Å². The van der Waals surface area contributed by atoms with Gasteiger partial charge in [-0.25, -0.2) is 4.98 Å². The number of nitrogens with zero attached hydrogens (tertiary/aromatic N) is 1. The van der Waals surface area contributed by atoms with Crippen LogP contribution in [0.4, 0.5) is 5.69 Å². The summed E-state index contributed by atoms with van der Waals surface area (Å²) in [7, 11) is 0. The molecule has 1 N–H and O–H groups in total. The molecule has 0 bridgehead atoms. The Kier molecular flexibility index (Phi) is 4.40. The number of aryl methyl sites for hydroxylation is 1. The third-order valence-electron chi connectivity index (χ3n) is 2.88. The highest BCUT2D eigenvalue weighted by atomic mass is 79.9. The topological polar surface area (TPSA) is 24.9 Å². The summed E-state index contributed by atoms with van der Waals surface area (Å²) in [6.45, 7) is 6.50. The molecule has 0 aromatic carbocycles. The second-order valence-electron chi connectivity index (χ2n) is 4.65. The summed E-state index contributed by atoms with van der Waals surface area (Å²) in [5, 5.41) is 5.73. The second kappa shape index (κ2) is 5.85. The summed E-state index contributed by atoms with van der Waals surface area (Å²) in [6.07, 6.45) is 0. The smallest absolute Gasteiger partial charge is 0.106 e. The van der Waals surface area contributed by atoms with Crippen molar-refractivity contribution in [2.45, 2.75) is 26.8 Å². The Balaban J connectivity index is 2.24. The molecule has 96 valence electrons. The van der Waals surface area contributed by atoms with Gasteiger partial charge in [-0.3, -0.25) is 0 Å². The van der Waals surface area contributed by atoms with Gasteiger partial charge in [0.1, 0.15) is 4.60 Å². The lowest BCUT2D eigenvalue weighted by Crippen LogP contribution is -2.16. The molecule has 1 unspecified atom stereocenters. The van der Waals surface area contributed by atoms with Crippen LogP contribution in [0.5, 0.6) is 0 Å². The Morgan fingerprint density at radius 2 is 2.06 bits per heavy atom. The van der Waals surface area contributed by atoms with Crippen LogP contribution >= 0.6 is 27.3 Å². The van der Waals surface area contributed by atoms with Gasteiger partial charge in [0, 0.05) is 4.88 Å². The third-order valence-corrected chi connectivity index (χ3v) is 4.28. The molecule has 0 radical (unpaired) electrons. The van der Waals surface area contributed by atoms with Crippen LogP contribution in [0, 0.1) is 12.8 Å². The van der Waals surface area contributed by atoms with Crippen molar-refractivity contribution < 1.29 is 0 Å². The predicted molar refractivity (Wildman–Crippen MR) is 82.2 cm³/mol. The fraction of sp³-hybridized carbons (Fsp3) is 0.357. The molecule has 2 heterocycles. The molecule has 0 fully saturated rings. The first-order chi connectivity index (χ1) is 8.58. The molecule has 0 aliphatic carbocycles. The maximum Gasteiger partial charge on any atom is 0.106 e. The monoisotopic (exact) mass is 324 g/mol. The van der Waals surface area contributed by atoms with Gasteiger partial charge in [0.15, 0.2) is 0 Å². The van der Waals surface area contributed by atoms with Gasteiger partial charge in [-0.05, 0) is 52.4 Å². The van der Waals surface area contributed by atoms with Crippen LogP contribution in [0.1, 0.15) is 30.5 Å². The van der Waals surface area contributed by atoms with Crippen LogP contribution in [0.15, 0.2) is 34.2 Å². The van der Waals surface area contributed by atoms with Crippen molar-refractivity contribution >= 4 is 33.0 Å². The number of rotatable bonds is 4. The number of nitrogens with one attached hydrogen (secondary N) is 1. The van der Waals surface area contributed by atoms with Crippen LogP contribution < -0.4 is 5.32 Å². The van der Waals surface area contributed by atoms with Crippen LogP contribution in [0.2, 0.25) is 0 Å². The van der Waals surface area contributed by atoms with E-state index in [2.05, 4.69) is 63.7 Å². The average Bonchev–Trinajstić information content (AvgIpc) is 2.80. The van der Waals surface area contributed by atoms with Crippen molar-refractivity contribution in [2.75, 3.05) is 5.32 Å². The summed E-state index contributed by atoms with van der Waals surface area (Å²) in [5.41, 5.74) is 2.12. The average molecular weight is 325 g/mol. The minimum Gasteiger partial charge on any atom is -0.376 e. The molecule has 2 aromatic rings. The number of anilines is 1. The molecule has 4 heteroatoms. The lowest BCUT2D eigenvalue weighted by Gasteiger charge is -2.23. The van der Waals surface area contributed by atoms with Crippen molar-refractivity contribution in [3.05, 3.63) is 44.8 Å². The maximum atomic E-state index is 4.42. The lowest BCUT2D eigenvalue weighted by atomic mass is 10.0. The highest BCUT2D eigenvalue weighted by Crippen LogP contribution is 2.30. The first-order valence-electron chi connectivity index (χ1n) is 6.01. The molecule has 0 aliphatic heterocycles. The summed E-state index contributed by atoms with van der Waals surface area (Å²) in [6, 6.07) is 8.68. The Labute approximate surface area is 121 Å². The molecule has 2 rings (SSSR count). The van der Waals surface area contributed by atoms with Gasteiger partial charge in [-0.15, -0.1) is 11.3 Å². The number of hydrogen-bond donors (Lipinski definition) is 1. The normalized spacial score (nSPS) is 12.7. The molecule has 0 aliphatic rings. The van der Waals surface area contributed by atoms with Gasteiger partial charge in [0.05, 0.1) is 17.4 Å². The van der Waals surface area contributed by atoms with Gasteiger partial charge in [0.25, 0.3) is 0 Å². The molecule has 0 saturated carbocycles. The summed E-state index contributed by atoms with van der Waals surface area (Å²) in [4.78, 5) is 5.79. The summed E-state index contributed by atoms with van der Waals surface area (Å²) in [5.74, 6) is 0.534. The van der Waals surface area contributed by atoms with Crippen molar-refractivity contribution in [1.29, 1.82) is 0 Å². The molecule has 2 aromatic heterocycles. The van der Waals surface area contributed by atoms with Gasteiger partial charge in [-0.1, -0.05) is 19.9 Å². The Hall–Kier alpha value is -0.870. The minimum atomic E-state index is 0.340. The fourth-order valence-electron chi connectivity index (χ4n) is 1.89. The van der Waals surface area contributed by atoms with Gasteiger partial charge in [-0.2, -0.15) is 0 Å². The maximum absolute atomic E-state index is 4.42. The van der Waals surface area contributed by atoms with E-state index >= 15 is 0 Å². The lowest BCUT2D eigenvalue weighted by molar-refractivity contribution is 0.553. The number of hydrogen-bond acceptors (Lipinski definition) is 3. The van der Waals surface area contributed by atoms with E-state index in [1.54, 1.807) is 11.3 Å². The first-order valence-corrected chi connectivity index (χ1v) is 7.68. The van der Waals surface area contributed by atoms with Crippen molar-refractivity contribution in [1.82, 2.24) is 4.98 Å². The van der Waals surface area contributed by atoms with E-state index in [1.807, 2.05) is 13.0 Å². The van der Waals surface area contributed by atoms with E-state index in [0.29, 0.717) is 12.0 Å². The van der Waals surface area contributed by atoms with Crippen molar-refractivity contribution in [2.24, 2.45) is 5.92 Å². The molecule has 1 atom stereocenters. The quantitative estimate of drug-likeness (QED) is 0.798. The Morgan fingerprint density at radius 1 is 1.28 bits per heavy atom. The Morgan fingerprint density at radius 3 is 2.61 bits per heavy atom. The SMILES string of the molecule is Cc1nc(Br)ccc1NC(c1cccs1)C(C)C. The van der Waals surface area contributed by atoms with E-state index in [9.17, 15) is 0 Å². The zero-order valence-electron chi connectivity index (χ0n) is 10.8. The van der Waals surface area contributed by atoms with Gasteiger partial charge < -0.3 is 5.32 Å². The van der Waals surface area contributed by atoms with Crippen LogP contribution in [-0.4, -0.2) is 4.98 Å². The summed E-state index contributed by atoms with van der Waals surface area (Å²) >= 11 is 5.19. The van der Waals surface area contributed by atoms with Gasteiger partial charge in [0.2, 0.25) is 0 Å².